The molecule has 1 fully saturated rings. The fraction of sp³-hybridized carbons (Fsp3) is 0.429. The van der Waals surface area contributed by atoms with Crippen LogP contribution in [0.5, 0.6) is 11.5 Å². The average Bonchev–Trinajstić information content (AvgIpc) is 2.65. The normalized spacial score (nSPS) is 15.9. The molecule has 0 aliphatic carbocycles. The first-order chi connectivity index (χ1) is 12.3. The van der Waals surface area contributed by atoms with Crippen molar-refractivity contribution in [3.63, 3.8) is 0 Å². The highest BCUT2D eigenvalue weighted by Crippen LogP contribution is 2.20. The minimum atomic E-state index is 0.236. The molecule has 0 radical (unpaired) electrons. The maximum absolute atomic E-state index is 5.86. The molecule has 134 valence electrons. The van der Waals surface area contributed by atoms with E-state index in [0.717, 1.165) is 30.9 Å². The quantitative estimate of drug-likeness (QED) is 0.689. The Balaban J connectivity index is 1.44. The minimum Gasteiger partial charge on any atom is -0.458 e. The Hall–Kier alpha value is -2.04. The number of aryl methyl sites for hydroxylation is 1. The number of likely N-dealkylation sites (N-methyl/N-ethyl adjacent to an activating group) is 1. The van der Waals surface area contributed by atoms with Crippen molar-refractivity contribution in [2.75, 3.05) is 46.6 Å². The Morgan fingerprint density at radius 2 is 1.56 bits per heavy atom. The molecule has 0 atom stereocenters. The number of nitrogens with zero attached hydrogens (tertiary/aromatic N) is 2. The number of para-hydroxylation sites is 2. The van der Waals surface area contributed by atoms with Gasteiger partial charge in [0.05, 0.1) is 0 Å². The van der Waals surface area contributed by atoms with Crippen LogP contribution in [0.2, 0.25) is 0 Å². The van der Waals surface area contributed by atoms with Crippen LogP contribution in [0.3, 0.4) is 0 Å². The van der Waals surface area contributed by atoms with Crippen LogP contribution in [-0.4, -0.2) is 56.4 Å². The molecule has 0 N–H and O–H groups in total. The summed E-state index contributed by atoms with van der Waals surface area (Å²) < 4.78 is 11.5. The van der Waals surface area contributed by atoms with Gasteiger partial charge in [-0.05, 0) is 50.2 Å². The van der Waals surface area contributed by atoms with Gasteiger partial charge >= 0.3 is 0 Å². The SMILES string of the molecule is CN1CCN(CCCc2ccccc2OCOc2ccccc2)CC1. The minimum absolute atomic E-state index is 0.236. The van der Waals surface area contributed by atoms with Crippen LogP contribution in [0.15, 0.2) is 54.6 Å². The molecule has 0 unspecified atom stereocenters. The molecule has 2 aromatic carbocycles. The highest BCUT2D eigenvalue weighted by molar-refractivity contribution is 5.33. The lowest BCUT2D eigenvalue weighted by Gasteiger charge is -2.32. The van der Waals surface area contributed by atoms with Gasteiger partial charge in [-0.25, -0.2) is 0 Å². The number of benzene rings is 2. The molecule has 1 heterocycles. The molecule has 25 heavy (non-hydrogen) atoms. The molecule has 4 nitrogen and oxygen atoms in total. The fourth-order valence-corrected chi connectivity index (χ4v) is 3.09. The molecular weight excluding hydrogens is 312 g/mol. The predicted octanol–water partition coefficient (Wildman–Crippen LogP) is 3.28. The summed E-state index contributed by atoms with van der Waals surface area (Å²) >= 11 is 0. The van der Waals surface area contributed by atoms with Gasteiger partial charge in [0.2, 0.25) is 6.79 Å². The Bertz CT molecular complexity index is 625. The largest absolute Gasteiger partial charge is 0.458 e. The van der Waals surface area contributed by atoms with E-state index in [9.17, 15) is 0 Å². The first-order valence-electron chi connectivity index (χ1n) is 9.11. The van der Waals surface area contributed by atoms with Crippen LogP contribution >= 0.6 is 0 Å². The summed E-state index contributed by atoms with van der Waals surface area (Å²) in [6.07, 6.45) is 2.19. The molecule has 1 aliphatic rings. The van der Waals surface area contributed by atoms with Crippen molar-refractivity contribution in [3.8, 4) is 11.5 Å². The van der Waals surface area contributed by atoms with E-state index in [4.69, 9.17) is 9.47 Å². The summed E-state index contributed by atoms with van der Waals surface area (Å²) in [4.78, 5) is 4.95. The Kier molecular flexibility index (Phi) is 6.71. The first-order valence-corrected chi connectivity index (χ1v) is 9.11. The third-order valence-electron chi connectivity index (χ3n) is 4.67. The van der Waals surface area contributed by atoms with E-state index in [1.807, 2.05) is 42.5 Å². The number of rotatable bonds is 8. The number of piperazine rings is 1. The van der Waals surface area contributed by atoms with Crippen molar-refractivity contribution < 1.29 is 9.47 Å². The van der Waals surface area contributed by atoms with E-state index in [-0.39, 0.29) is 6.79 Å². The van der Waals surface area contributed by atoms with Crippen molar-refractivity contribution in [1.82, 2.24) is 9.80 Å². The van der Waals surface area contributed by atoms with E-state index in [0.29, 0.717) is 0 Å². The zero-order chi connectivity index (χ0) is 17.3. The average molecular weight is 340 g/mol. The molecule has 0 saturated carbocycles. The zero-order valence-corrected chi connectivity index (χ0v) is 15.1. The monoisotopic (exact) mass is 340 g/mol. The molecule has 0 aromatic heterocycles. The predicted molar refractivity (Wildman–Crippen MR) is 101 cm³/mol. The summed E-state index contributed by atoms with van der Waals surface area (Å²) in [5.74, 6) is 1.76. The lowest BCUT2D eigenvalue weighted by molar-refractivity contribution is 0.118. The van der Waals surface area contributed by atoms with Gasteiger partial charge in [-0.3, -0.25) is 0 Å². The highest BCUT2D eigenvalue weighted by atomic mass is 16.7. The Morgan fingerprint density at radius 3 is 2.36 bits per heavy atom. The van der Waals surface area contributed by atoms with Gasteiger partial charge in [0.25, 0.3) is 0 Å². The molecule has 0 bridgehead atoms. The smallest absolute Gasteiger partial charge is 0.230 e. The highest BCUT2D eigenvalue weighted by Gasteiger charge is 2.13. The van der Waals surface area contributed by atoms with Crippen LogP contribution in [0, 0.1) is 0 Å². The van der Waals surface area contributed by atoms with Crippen molar-refractivity contribution in [2.45, 2.75) is 12.8 Å². The lowest BCUT2D eigenvalue weighted by Crippen LogP contribution is -2.44. The van der Waals surface area contributed by atoms with Gasteiger partial charge in [0, 0.05) is 26.2 Å². The second-order valence-corrected chi connectivity index (χ2v) is 6.58. The number of hydrogen-bond acceptors (Lipinski definition) is 4. The van der Waals surface area contributed by atoms with Crippen molar-refractivity contribution >= 4 is 0 Å². The van der Waals surface area contributed by atoms with Gasteiger partial charge in [-0.2, -0.15) is 0 Å². The third kappa shape index (κ3) is 5.76. The zero-order valence-electron chi connectivity index (χ0n) is 15.1. The van der Waals surface area contributed by atoms with Crippen molar-refractivity contribution in [3.05, 3.63) is 60.2 Å². The summed E-state index contributed by atoms with van der Waals surface area (Å²) in [6, 6.07) is 18.0. The lowest BCUT2D eigenvalue weighted by atomic mass is 10.1. The number of hydrogen-bond donors (Lipinski definition) is 0. The maximum atomic E-state index is 5.86. The van der Waals surface area contributed by atoms with Crippen LogP contribution in [0.4, 0.5) is 0 Å². The Labute approximate surface area is 151 Å². The first kappa shape index (κ1) is 17.8. The molecule has 1 saturated heterocycles. The van der Waals surface area contributed by atoms with E-state index >= 15 is 0 Å². The van der Waals surface area contributed by atoms with Crippen LogP contribution < -0.4 is 9.47 Å². The van der Waals surface area contributed by atoms with E-state index in [1.165, 1.54) is 31.7 Å². The topological polar surface area (TPSA) is 24.9 Å². The van der Waals surface area contributed by atoms with E-state index < -0.39 is 0 Å². The molecule has 2 aromatic rings. The number of ether oxygens (including phenoxy) is 2. The molecule has 4 heteroatoms. The van der Waals surface area contributed by atoms with E-state index in [2.05, 4.69) is 29.0 Å². The van der Waals surface area contributed by atoms with Crippen molar-refractivity contribution in [2.24, 2.45) is 0 Å². The molecule has 0 amide bonds. The fourth-order valence-electron chi connectivity index (χ4n) is 3.09. The summed E-state index contributed by atoms with van der Waals surface area (Å²) in [7, 11) is 2.20. The maximum Gasteiger partial charge on any atom is 0.230 e. The second kappa shape index (κ2) is 9.44. The van der Waals surface area contributed by atoms with Gasteiger partial charge in [-0.15, -0.1) is 0 Å². The Morgan fingerprint density at radius 1 is 0.840 bits per heavy atom. The van der Waals surface area contributed by atoms with Crippen molar-refractivity contribution in [1.29, 1.82) is 0 Å². The molecule has 3 rings (SSSR count). The summed E-state index contributed by atoms with van der Waals surface area (Å²) in [6.45, 7) is 6.11. The third-order valence-corrected chi connectivity index (χ3v) is 4.67. The van der Waals surface area contributed by atoms with Gasteiger partial charge in [0.15, 0.2) is 0 Å². The van der Waals surface area contributed by atoms with Gasteiger partial charge < -0.3 is 19.3 Å². The van der Waals surface area contributed by atoms with E-state index in [1.54, 1.807) is 0 Å². The van der Waals surface area contributed by atoms with Gasteiger partial charge in [0.1, 0.15) is 11.5 Å². The molecule has 0 spiro atoms. The van der Waals surface area contributed by atoms with Gasteiger partial charge in [-0.1, -0.05) is 36.4 Å². The standard InChI is InChI=1S/C21H28N2O2/c1-22-14-16-23(17-15-22)13-7-9-19-8-5-6-12-21(19)25-18-24-20-10-3-2-4-11-20/h2-6,8,10-12H,7,9,13-18H2,1H3. The molecular formula is C21H28N2O2. The second-order valence-electron chi connectivity index (χ2n) is 6.58. The summed E-state index contributed by atoms with van der Waals surface area (Å²) in [5, 5.41) is 0. The van der Waals surface area contributed by atoms with Crippen LogP contribution in [-0.2, 0) is 6.42 Å². The van der Waals surface area contributed by atoms with Crippen LogP contribution in [0.25, 0.3) is 0 Å². The summed E-state index contributed by atoms with van der Waals surface area (Å²) in [5.41, 5.74) is 1.26. The van der Waals surface area contributed by atoms with Crippen LogP contribution in [0.1, 0.15) is 12.0 Å². The molecule has 1 aliphatic heterocycles.